The van der Waals surface area contributed by atoms with Crippen molar-refractivity contribution in [2.24, 2.45) is 10.8 Å². The van der Waals surface area contributed by atoms with Crippen molar-refractivity contribution in [3.8, 4) is 0 Å². The smallest absolute Gasteiger partial charge is 0.154 e. The van der Waals surface area contributed by atoms with E-state index >= 15 is 0 Å². The van der Waals surface area contributed by atoms with Crippen LogP contribution in [0.25, 0.3) is 0 Å². The summed E-state index contributed by atoms with van der Waals surface area (Å²) in [4.78, 5) is 0. The largest absolute Gasteiger partial charge is 0.428 e. The highest BCUT2D eigenvalue weighted by atomic mass is 35.5. The SMILES string of the molecule is CC(C)(C)C1=CC(Cl)(C(C)(C)C)SO1. The molecule has 0 saturated carbocycles. The molecule has 1 atom stereocenters. The van der Waals surface area contributed by atoms with Gasteiger partial charge in [-0.1, -0.05) is 53.1 Å². The van der Waals surface area contributed by atoms with Gasteiger partial charge in [-0.15, -0.1) is 0 Å². The molecule has 0 amide bonds. The Kier molecular flexibility index (Phi) is 2.93. The van der Waals surface area contributed by atoms with Crippen molar-refractivity contribution in [2.75, 3.05) is 0 Å². The zero-order valence-electron chi connectivity index (χ0n) is 9.77. The molecule has 1 nitrogen and oxygen atoms in total. The number of hydrogen-bond donors (Lipinski definition) is 0. The van der Waals surface area contributed by atoms with Crippen molar-refractivity contribution >= 4 is 23.6 Å². The summed E-state index contributed by atoms with van der Waals surface area (Å²) in [6, 6.07) is 0. The molecule has 0 aliphatic carbocycles. The fourth-order valence-electron chi connectivity index (χ4n) is 1.01. The molecular formula is C11H19ClOS. The average Bonchev–Trinajstić information content (AvgIpc) is 2.29. The first kappa shape index (κ1) is 12.3. The van der Waals surface area contributed by atoms with E-state index in [0.29, 0.717) is 0 Å². The first-order chi connectivity index (χ1) is 6.06. The lowest BCUT2D eigenvalue weighted by molar-refractivity contribution is 0.334. The first-order valence-electron chi connectivity index (χ1n) is 4.84. The molecule has 0 aromatic heterocycles. The van der Waals surface area contributed by atoms with Gasteiger partial charge in [-0.25, -0.2) is 0 Å². The van der Waals surface area contributed by atoms with Gasteiger partial charge in [0.05, 0.1) is 12.0 Å². The summed E-state index contributed by atoms with van der Waals surface area (Å²) in [6.45, 7) is 12.8. The molecule has 1 aliphatic rings. The van der Waals surface area contributed by atoms with Gasteiger partial charge in [0.1, 0.15) is 5.76 Å². The standard InChI is InChI=1S/C11H19ClOS/c1-9(2,3)8-7-11(12,14-13-8)10(4,5)6/h7H,1-6H3. The van der Waals surface area contributed by atoms with E-state index in [4.69, 9.17) is 15.8 Å². The molecule has 1 rings (SSSR count). The number of hydrogen-bond acceptors (Lipinski definition) is 2. The Morgan fingerprint density at radius 2 is 1.71 bits per heavy atom. The fourth-order valence-corrected chi connectivity index (χ4v) is 2.11. The van der Waals surface area contributed by atoms with E-state index in [1.807, 2.05) is 0 Å². The Morgan fingerprint density at radius 3 is 1.93 bits per heavy atom. The predicted molar refractivity (Wildman–Crippen MR) is 64.3 cm³/mol. The summed E-state index contributed by atoms with van der Waals surface area (Å²) in [5, 5.41) is 0. The van der Waals surface area contributed by atoms with Gasteiger partial charge in [-0.2, -0.15) is 0 Å². The summed E-state index contributed by atoms with van der Waals surface area (Å²) in [6.07, 6.45) is 2.05. The molecule has 1 unspecified atom stereocenters. The highest BCUT2D eigenvalue weighted by Crippen LogP contribution is 2.54. The third-order valence-corrected chi connectivity index (χ3v) is 4.43. The lowest BCUT2D eigenvalue weighted by atomic mass is 9.87. The van der Waals surface area contributed by atoms with Gasteiger partial charge in [0, 0.05) is 5.41 Å². The minimum atomic E-state index is -0.435. The van der Waals surface area contributed by atoms with Crippen molar-refractivity contribution in [3.63, 3.8) is 0 Å². The molecule has 0 aromatic rings. The van der Waals surface area contributed by atoms with E-state index in [2.05, 4.69) is 47.6 Å². The van der Waals surface area contributed by atoms with E-state index in [0.717, 1.165) is 5.76 Å². The topological polar surface area (TPSA) is 9.23 Å². The highest BCUT2D eigenvalue weighted by molar-refractivity contribution is 7.98. The van der Waals surface area contributed by atoms with E-state index < -0.39 is 4.21 Å². The van der Waals surface area contributed by atoms with E-state index in [1.54, 1.807) is 0 Å². The van der Waals surface area contributed by atoms with Gasteiger partial charge in [0.2, 0.25) is 0 Å². The Hall–Kier alpha value is 0.180. The second-order valence-electron chi connectivity index (χ2n) is 5.82. The van der Waals surface area contributed by atoms with Crippen molar-refractivity contribution in [1.82, 2.24) is 0 Å². The highest BCUT2D eigenvalue weighted by Gasteiger charge is 2.47. The van der Waals surface area contributed by atoms with Gasteiger partial charge in [0.15, 0.2) is 4.21 Å². The summed E-state index contributed by atoms with van der Waals surface area (Å²) in [5.41, 5.74) is 0.0289. The van der Waals surface area contributed by atoms with Crippen LogP contribution in [0.1, 0.15) is 41.5 Å². The van der Waals surface area contributed by atoms with Crippen molar-refractivity contribution < 1.29 is 4.18 Å². The Bertz CT molecular complexity index is 259. The second-order valence-corrected chi connectivity index (χ2v) is 7.62. The molecule has 0 N–H and O–H groups in total. The average molecular weight is 235 g/mol. The van der Waals surface area contributed by atoms with Crippen LogP contribution in [0.2, 0.25) is 0 Å². The van der Waals surface area contributed by atoms with Crippen LogP contribution in [0.4, 0.5) is 0 Å². The van der Waals surface area contributed by atoms with E-state index in [1.165, 1.54) is 12.0 Å². The fraction of sp³-hybridized carbons (Fsp3) is 0.818. The summed E-state index contributed by atoms with van der Waals surface area (Å²) < 4.78 is 5.17. The maximum atomic E-state index is 6.51. The van der Waals surface area contributed by atoms with E-state index in [-0.39, 0.29) is 10.8 Å². The molecule has 82 valence electrons. The third-order valence-electron chi connectivity index (χ3n) is 2.33. The van der Waals surface area contributed by atoms with Crippen LogP contribution >= 0.6 is 23.6 Å². The molecule has 0 aromatic carbocycles. The molecule has 1 heterocycles. The number of alkyl halides is 1. The van der Waals surface area contributed by atoms with Gasteiger partial charge in [0.25, 0.3) is 0 Å². The quantitative estimate of drug-likeness (QED) is 0.448. The maximum absolute atomic E-state index is 6.51. The summed E-state index contributed by atoms with van der Waals surface area (Å²) in [7, 11) is 0. The Balaban J connectivity index is 2.96. The summed E-state index contributed by atoms with van der Waals surface area (Å²) in [5.74, 6) is 0.979. The van der Waals surface area contributed by atoms with Crippen LogP contribution < -0.4 is 0 Å². The van der Waals surface area contributed by atoms with Gasteiger partial charge in [-0.3, -0.25) is 0 Å². The first-order valence-corrected chi connectivity index (χ1v) is 5.96. The molecule has 14 heavy (non-hydrogen) atoms. The zero-order chi connectivity index (χ0) is 11.2. The van der Waals surface area contributed by atoms with Crippen LogP contribution in [0.3, 0.4) is 0 Å². The monoisotopic (exact) mass is 234 g/mol. The van der Waals surface area contributed by atoms with Crippen molar-refractivity contribution in [1.29, 1.82) is 0 Å². The molecule has 0 bridgehead atoms. The van der Waals surface area contributed by atoms with Crippen molar-refractivity contribution in [3.05, 3.63) is 11.8 Å². The third kappa shape index (κ3) is 2.22. The molecule has 0 saturated heterocycles. The van der Waals surface area contributed by atoms with Crippen LogP contribution in [-0.2, 0) is 4.18 Å². The van der Waals surface area contributed by atoms with Crippen LogP contribution in [0.15, 0.2) is 11.8 Å². The van der Waals surface area contributed by atoms with Crippen LogP contribution in [0.5, 0.6) is 0 Å². The lowest BCUT2D eigenvalue weighted by Crippen LogP contribution is -2.30. The zero-order valence-corrected chi connectivity index (χ0v) is 11.3. The Labute approximate surface area is 96.4 Å². The molecule has 1 aliphatic heterocycles. The summed E-state index contributed by atoms with van der Waals surface area (Å²) >= 11 is 7.87. The van der Waals surface area contributed by atoms with Crippen LogP contribution in [-0.4, -0.2) is 4.21 Å². The molecule has 0 fully saturated rings. The molecule has 3 heteroatoms. The molecule has 0 radical (unpaired) electrons. The number of halogens is 1. The second kappa shape index (κ2) is 3.34. The number of rotatable bonds is 0. The maximum Gasteiger partial charge on any atom is 0.154 e. The van der Waals surface area contributed by atoms with Gasteiger partial charge >= 0.3 is 0 Å². The minimum Gasteiger partial charge on any atom is -0.428 e. The predicted octanol–water partition coefficient (Wildman–Crippen LogP) is 4.58. The molecular weight excluding hydrogens is 216 g/mol. The van der Waals surface area contributed by atoms with Crippen molar-refractivity contribution in [2.45, 2.75) is 45.7 Å². The lowest BCUT2D eigenvalue weighted by Gasteiger charge is -2.30. The number of allylic oxidation sites excluding steroid dienone is 1. The minimum absolute atomic E-state index is 0.00772. The van der Waals surface area contributed by atoms with Crippen LogP contribution in [0, 0.1) is 10.8 Å². The van der Waals surface area contributed by atoms with E-state index in [9.17, 15) is 0 Å². The molecule has 0 spiro atoms. The Morgan fingerprint density at radius 1 is 1.21 bits per heavy atom. The van der Waals surface area contributed by atoms with Gasteiger partial charge in [-0.05, 0) is 11.5 Å². The van der Waals surface area contributed by atoms with Gasteiger partial charge < -0.3 is 4.18 Å². The normalized spacial score (nSPS) is 28.6.